The Labute approximate surface area is 205 Å². The van der Waals surface area contributed by atoms with Gasteiger partial charge in [0.05, 0.1) is 18.2 Å². The van der Waals surface area contributed by atoms with Gasteiger partial charge in [0.25, 0.3) is 0 Å². The van der Waals surface area contributed by atoms with E-state index in [4.69, 9.17) is 5.11 Å². The molecule has 2 N–H and O–H groups in total. The number of benzene rings is 2. The molecule has 0 radical (unpaired) electrons. The summed E-state index contributed by atoms with van der Waals surface area (Å²) < 4.78 is 0. The number of nitrogens with zero attached hydrogens (tertiary/aromatic N) is 3. The highest BCUT2D eigenvalue weighted by atomic mass is 32.1. The zero-order chi connectivity index (χ0) is 24.2. The van der Waals surface area contributed by atoms with Gasteiger partial charge in [0, 0.05) is 36.1 Å². The van der Waals surface area contributed by atoms with E-state index < -0.39 is 5.97 Å². The van der Waals surface area contributed by atoms with Gasteiger partial charge in [-0.2, -0.15) is 0 Å². The average molecular weight is 480 g/mol. The first-order valence-electron chi connectivity index (χ1n) is 11.9. The first-order chi connectivity index (χ1) is 16.4. The van der Waals surface area contributed by atoms with Crippen molar-refractivity contribution in [2.24, 2.45) is 0 Å². The number of phenols is 1. The van der Waals surface area contributed by atoms with Crippen molar-refractivity contribution < 1.29 is 15.0 Å². The van der Waals surface area contributed by atoms with Crippen LogP contribution in [0, 0.1) is 0 Å². The van der Waals surface area contributed by atoms with Crippen LogP contribution in [0.3, 0.4) is 0 Å². The molecule has 6 nitrogen and oxygen atoms in total. The lowest BCUT2D eigenvalue weighted by Gasteiger charge is -2.47. The van der Waals surface area contributed by atoms with E-state index in [0.717, 1.165) is 42.2 Å². The Bertz CT molecular complexity index is 1110. The van der Waals surface area contributed by atoms with Crippen LogP contribution in [0.15, 0.2) is 53.9 Å². The second kappa shape index (κ2) is 10.7. The first kappa shape index (κ1) is 24.4. The molecule has 0 amide bonds. The number of aliphatic carboxylic acids is 1. The molecular formula is C27H33N3O3S. The van der Waals surface area contributed by atoms with Crippen LogP contribution in [-0.2, 0) is 11.2 Å². The third-order valence-corrected chi connectivity index (χ3v) is 7.49. The Morgan fingerprint density at radius 2 is 1.88 bits per heavy atom. The summed E-state index contributed by atoms with van der Waals surface area (Å²) in [5.74, 6) is -0.596. The molecule has 1 fully saturated rings. The van der Waals surface area contributed by atoms with Gasteiger partial charge in [-0.25, -0.2) is 4.98 Å². The van der Waals surface area contributed by atoms with Crippen LogP contribution in [0.1, 0.15) is 50.1 Å². The summed E-state index contributed by atoms with van der Waals surface area (Å²) >= 11 is 1.47. The van der Waals surface area contributed by atoms with E-state index in [0.29, 0.717) is 17.8 Å². The van der Waals surface area contributed by atoms with Crippen molar-refractivity contribution in [2.75, 3.05) is 19.6 Å². The predicted molar refractivity (Wildman–Crippen MR) is 136 cm³/mol. The molecule has 3 unspecified atom stereocenters. The fourth-order valence-electron chi connectivity index (χ4n) is 4.94. The summed E-state index contributed by atoms with van der Waals surface area (Å²) in [6, 6.07) is 16.8. The minimum atomic E-state index is -0.872. The number of thiazole rings is 1. The summed E-state index contributed by atoms with van der Waals surface area (Å²) in [5, 5.41) is 21.9. The maximum absolute atomic E-state index is 11.0. The van der Waals surface area contributed by atoms with Gasteiger partial charge in [0.2, 0.25) is 0 Å². The Kier molecular flexibility index (Phi) is 7.66. The maximum Gasteiger partial charge on any atom is 0.309 e. The van der Waals surface area contributed by atoms with Gasteiger partial charge in [-0.1, -0.05) is 43.3 Å². The summed E-state index contributed by atoms with van der Waals surface area (Å²) in [4.78, 5) is 20.6. The second-order valence-corrected chi connectivity index (χ2v) is 10.1. The van der Waals surface area contributed by atoms with Crippen molar-refractivity contribution in [1.29, 1.82) is 0 Å². The van der Waals surface area contributed by atoms with Crippen LogP contribution in [0.5, 0.6) is 5.75 Å². The molecule has 0 saturated carbocycles. The highest BCUT2D eigenvalue weighted by Crippen LogP contribution is 2.35. The lowest BCUT2D eigenvalue weighted by molar-refractivity contribution is -0.136. The maximum atomic E-state index is 11.0. The smallest absolute Gasteiger partial charge is 0.309 e. The number of hydrogen-bond acceptors (Lipinski definition) is 6. The van der Waals surface area contributed by atoms with E-state index in [1.165, 1.54) is 16.9 Å². The second-order valence-electron chi connectivity index (χ2n) is 9.22. The number of hydrogen-bond donors (Lipinski definition) is 2. The monoisotopic (exact) mass is 479 g/mol. The Hall–Kier alpha value is -2.74. The molecular weight excluding hydrogens is 446 g/mol. The van der Waals surface area contributed by atoms with Gasteiger partial charge in [-0.3, -0.25) is 14.6 Å². The van der Waals surface area contributed by atoms with Crippen molar-refractivity contribution in [3.63, 3.8) is 0 Å². The highest BCUT2D eigenvalue weighted by Gasteiger charge is 2.34. The average Bonchev–Trinajstić information content (AvgIpc) is 3.25. The zero-order valence-corrected chi connectivity index (χ0v) is 20.8. The topological polar surface area (TPSA) is 76.9 Å². The lowest BCUT2D eigenvalue weighted by atomic mass is 9.93. The third-order valence-electron chi connectivity index (χ3n) is 6.55. The van der Waals surface area contributed by atoms with E-state index in [9.17, 15) is 9.90 Å². The fraction of sp³-hybridized carbons (Fsp3) is 0.407. The van der Waals surface area contributed by atoms with Gasteiger partial charge < -0.3 is 10.2 Å². The number of phenolic OH excluding ortho intramolecular Hbond substituents is 1. The molecule has 7 heteroatoms. The molecule has 0 spiro atoms. The van der Waals surface area contributed by atoms with Gasteiger partial charge in [-0.05, 0) is 50.1 Å². The van der Waals surface area contributed by atoms with Crippen molar-refractivity contribution >= 4 is 17.3 Å². The zero-order valence-electron chi connectivity index (χ0n) is 20.0. The number of piperazine rings is 1. The molecule has 3 aromatic rings. The molecule has 4 rings (SSSR count). The molecule has 34 heavy (non-hydrogen) atoms. The van der Waals surface area contributed by atoms with Gasteiger partial charge >= 0.3 is 5.97 Å². The largest absolute Gasteiger partial charge is 0.508 e. The number of aromatic hydroxyl groups is 1. The Morgan fingerprint density at radius 3 is 2.56 bits per heavy atom. The highest BCUT2D eigenvalue weighted by molar-refractivity contribution is 7.13. The normalized spacial score (nSPS) is 20.3. The molecule has 180 valence electrons. The van der Waals surface area contributed by atoms with Gasteiger partial charge in [0.1, 0.15) is 10.8 Å². The Morgan fingerprint density at radius 1 is 1.12 bits per heavy atom. The molecule has 3 atom stereocenters. The van der Waals surface area contributed by atoms with E-state index in [2.05, 4.69) is 65.9 Å². The molecule has 1 saturated heterocycles. The first-order valence-corrected chi connectivity index (χ1v) is 12.8. The predicted octanol–water partition coefficient (Wildman–Crippen LogP) is 5.04. The van der Waals surface area contributed by atoms with Crippen LogP contribution in [0.4, 0.5) is 0 Å². The number of carboxylic acid groups (broad SMARTS) is 1. The summed E-state index contributed by atoms with van der Waals surface area (Å²) in [7, 11) is 0. The molecule has 0 bridgehead atoms. The van der Waals surface area contributed by atoms with Crippen LogP contribution in [0.2, 0.25) is 0 Å². The summed E-state index contributed by atoms with van der Waals surface area (Å²) in [6.45, 7) is 9.91. The molecule has 2 aromatic carbocycles. The van der Waals surface area contributed by atoms with Crippen LogP contribution in [-0.4, -0.2) is 62.7 Å². The van der Waals surface area contributed by atoms with Crippen molar-refractivity contribution in [3.8, 4) is 16.3 Å². The van der Waals surface area contributed by atoms with Crippen LogP contribution < -0.4 is 0 Å². The fourth-order valence-corrected chi connectivity index (χ4v) is 5.76. The molecule has 1 aliphatic rings. The molecule has 1 aliphatic heterocycles. The van der Waals surface area contributed by atoms with E-state index in [-0.39, 0.29) is 18.2 Å². The summed E-state index contributed by atoms with van der Waals surface area (Å²) in [6.07, 6.45) is 1.09. The standard InChI is InChI=1S/C27H33N3O3S/c1-4-12-29-15-19(3)30(16-18(29)2)26(22-6-5-7-24(31)13-22)20-8-10-21(11-9-20)27-28-23(17-34-27)14-25(32)33/h5-11,13,17-19,26,31H,4,12,14-16H2,1-3H3,(H,32,33). The minimum Gasteiger partial charge on any atom is -0.508 e. The van der Waals surface area contributed by atoms with Crippen molar-refractivity contribution in [2.45, 2.75) is 51.7 Å². The lowest BCUT2D eigenvalue weighted by Crippen LogP contribution is -2.57. The van der Waals surface area contributed by atoms with E-state index in [1.54, 1.807) is 6.07 Å². The van der Waals surface area contributed by atoms with E-state index >= 15 is 0 Å². The SMILES string of the molecule is CCCN1CC(C)N(C(c2ccc(-c3nc(CC(=O)O)cs3)cc2)c2cccc(O)c2)CC1C. The van der Waals surface area contributed by atoms with Crippen LogP contribution >= 0.6 is 11.3 Å². The molecule has 1 aromatic heterocycles. The molecule has 2 heterocycles. The molecule has 0 aliphatic carbocycles. The third kappa shape index (κ3) is 5.49. The van der Waals surface area contributed by atoms with Gasteiger partial charge in [0.15, 0.2) is 0 Å². The number of aromatic nitrogens is 1. The Balaban J connectivity index is 1.65. The van der Waals surface area contributed by atoms with Gasteiger partial charge in [-0.15, -0.1) is 11.3 Å². The van der Waals surface area contributed by atoms with Crippen molar-refractivity contribution in [3.05, 3.63) is 70.7 Å². The number of carboxylic acids is 1. The summed E-state index contributed by atoms with van der Waals surface area (Å²) in [5.41, 5.74) is 3.81. The quantitative estimate of drug-likeness (QED) is 0.472. The van der Waals surface area contributed by atoms with E-state index in [1.807, 2.05) is 17.5 Å². The van der Waals surface area contributed by atoms with Crippen LogP contribution in [0.25, 0.3) is 10.6 Å². The van der Waals surface area contributed by atoms with Crippen molar-refractivity contribution in [1.82, 2.24) is 14.8 Å². The minimum absolute atomic E-state index is 0.0289. The number of rotatable bonds is 8. The number of carbonyl (C=O) groups is 1.